The van der Waals surface area contributed by atoms with Crippen molar-refractivity contribution in [3.05, 3.63) is 36.4 Å². The number of carboxylic acids is 1. The summed E-state index contributed by atoms with van der Waals surface area (Å²) in [5.74, 6) is -2.10. The fourth-order valence-corrected chi connectivity index (χ4v) is 1.98. The third-order valence-electron chi connectivity index (χ3n) is 3.01. The molecule has 1 N–H and O–H groups in total. The van der Waals surface area contributed by atoms with E-state index >= 15 is 0 Å². The predicted octanol–water partition coefficient (Wildman–Crippen LogP) is 0.838. The Morgan fingerprint density at radius 1 is 1.48 bits per heavy atom. The molecule has 1 amide bonds. The first-order chi connectivity index (χ1) is 9.97. The number of carbonyl (C=O) groups excluding carboxylic acids is 2. The summed E-state index contributed by atoms with van der Waals surface area (Å²) in [6.45, 7) is 3.25. The van der Waals surface area contributed by atoms with E-state index in [0.717, 1.165) is 6.08 Å². The first kappa shape index (κ1) is 14.6. The van der Waals surface area contributed by atoms with Crippen LogP contribution in [0.3, 0.4) is 0 Å². The Bertz CT molecular complexity index is 624. The lowest BCUT2D eigenvalue weighted by atomic mass is 10.1. The lowest BCUT2D eigenvalue weighted by Gasteiger charge is -2.32. The third kappa shape index (κ3) is 2.71. The van der Waals surface area contributed by atoms with E-state index in [9.17, 15) is 14.4 Å². The second-order valence-corrected chi connectivity index (χ2v) is 4.27. The minimum absolute atomic E-state index is 0.131. The number of carboxylic acid groups (broad SMARTS) is 1. The number of anilines is 1. The molecule has 0 radical (unpaired) electrons. The molecule has 1 aliphatic heterocycles. The van der Waals surface area contributed by atoms with Gasteiger partial charge in [-0.05, 0) is 24.3 Å². The first-order valence-corrected chi connectivity index (χ1v) is 6.03. The molecule has 1 atom stereocenters. The van der Waals surface area contributed by atoms with E-state index in [1.54, 1.807) is 0 Å². The maximum Gasteiger partial charge on any atom is 0.346 e. The van der Waals surface area contributed by atoms with Gasteiger partial charge < -0.3 is 19.5 Å². The summed E-state index contributed by atoms with van der Waals surface area (Å²) in [6, 6.07) is 4.32. The molecule has 0 saturated heterocycles. The standard InChI is InChI=1S/C14H13NO6/c1-3-12(16)15-7-11(13(17)18)21-10-6-8(14(19)20-2)4-5-9(10)15/h3-6,11H,1,7H2,2H3,(H,17,18). The quantitative estimate of drug-likeness (QED) is 0.655. The Morgan fingerprint density at radius 2 is 2.19 bits per heavy atom. The summed E-state index contributed by atoms with van der Waals surface area (Å²) in [5, 5.41) is 9.08. The zero-order valence-corrected chi connectivity index (χ0v) is 11.2. The van der Waals surface area contributed by atoms with Gasteiger partial charge in [0, 0.05) is 0 Å². The number of ether oxygens (including phenoxy) is 2. The maximum atomic E-state index is 11.8. The number of esters is 1. The van der Waals surface area contributed by atoms with Crippen LogP contribution < -0.4 is 9.64 Å². The highest BCUT2D eigenvalue weighted by atomic mass is 16.5. The van der Waals surface area contributed by atoms with Crippen molar-refractivity contribution in [3.8, 4) is 5.75 Å². The largest absolute Gasteiger partial charge is 0.478 e. The number of aliphatic carboxylic acids is 1. The van der Waals surface area contributed by atoms with Gasteiger partial charge in [0.05, 0.1) is 24.9 Å². The summed E-state index contributed by atoms with van der Waals surface area (Å²) in [5.41, 5.74) is 0.582. The molecule has 1 heterocycles. The summed E-state index contributed by atoms with van der Waals surface area (Å²) in [7, 11) is 1.23. The average molecular weight is 291 g/mol. The fourth-order valence-electron chi connectivity index (χ4n) is 1.98. The lowest BCUT2D eigenvalue weighted by Crippen LogP contribution is -2.46. The van der Waals surface area contributed by atoms with Gasteiger partial charge in [0.25, 0.3) is 5.91 Å². The van der Waals surface area contributed by atoms with Crippen LogP contribution in [0.1, 0.15) is 10.4 Å². The number of rotatable bonds is 3. The molecule has 110 valence electrons. The first-order valence-electron chi connectivity index (χ1n) is 6.03. The van der Waals surface area contributed by atoms with Crippen LogP contribution in [-0.2, 0) is 14.3 Å². The van der Waals surface area contributed by atoms with E-state index in [4.69, 9.17) is 9.84 Å². The molecule has 1 aliphatic rings. The normalized spacial score (nSPS) is 16.4. The van der Waals surface area contributed by atoms with Crippen LogP contribution in [0.5, 0.6) is 5.75 Å². The highest BCUT2D eigenvalue weighted by Gasteiger charge is 2.33. The molecule has 0 saturated carbocycles. The van der Waals surface area contributed by atoms with E-state index in [-0.39, 0.29) is 17.9 Å². The summed E-state index contributed by atoms with van der Waals surface area (Å²) in [4.78, 5) is 35.7. The molecule has 1 aromatic carbocycles. The van der Waals surface area contributed by atoms with Crippen LogP contribution in [0, 0.1) is 0 Å². The minimum atomic E-state index is -1.21. The number of benzene rings is 1. The number of amides is 1. The van der Waals surface area contributed by atoms with E-state index in [1.807, 2.05) is 0 Å². The van der Waals surface area contributed by atoms with Crippen molar-refractivity contribution < 1.29 is 29.0 Å². The SMILES string of the molecule is C=CC(=O)N1CC(C(=O)O)Oc2cc(C(=O)OC)ccc21. The minimum Gasteiger partial charge on any atom is -0.478 e. The van der Waals surface area contributed by atoms with Crippen molar-refractivity contribution in [2.75, 3.05) is 18.6 Å². The van der Waals surface area contributed by atoms with Gasteiger partial charge in [0.1, 0.15) is 5.75 Å². The van der Waals surface area contributed by atoms with E-state index < -0.39 is 23.9 Å². The Balaban J connectivity index is 2.47. The lowest BCUT2D eigenvalue weighted by molar-refractivity contribution is -0.145. The summed E-state index contributed by atoms with van der Waals surface area (Å²) < 4.78 is 9.91. The number of fused-ring (bicyclic) bond motifs is 1. The van der Waals surface area contributed by atoms with Gasteiger partial charge in [0.2, 0.25) is 6.10 Å². The van der Waals surface area contributed by atoms with Gasteiger partial charge >= 0.3 is 11.9 Å². The molecule has 0 spiro atoms. The Kier molecular flexibility index (Phi) is 3.93. The van der Waals surface area contributed by atoms with Crippen molar-refractivity contribution in [1.82, 2.24) is 0 Å². The zero-order chi connectivity index (χ0) is 15.6. The number of methoxy groups -OCH3 is 1. The van der Waals surface area contributed by atoms with Crippen LogP contribution in [0.4, 0.5) is 5.69 Å². The second kappa shape index (κ2) is 5.66. The Labute approximate surface area is 120 Å². The van der Waals surface area contributed by atoms with Crippen molar-refractivity contribution in [2.45, 2.75) is 6.10 Å². The smallest absolute Gasteiger partial charge is 0.346 e. The van der Waals surface area contributed by atoms with E-state index in [1.165, 1.54) is 30.2 Å². The van der Waals surface area contributed by atoms with Gasteiger partial charge in [-0.15, -0.1) is 0 Å². The van der Waals surface area contributed by atoms with Gasteiger partial charge in [-0.2, -0.15) is 0 Å². The highest BCUT2D eigenvalue weighted by molar-refractivity contribution is 6.03. The van der Waals surface area contributed by atoms with Gasteiger partial charge in [0.15, 0.2) is 0 Å². The molecule has 0 fully saturated rings. The second-order valence-electron chi connectivity index (χ2n) is 4.27. The molecule has 7 nitrogen and oxygen atoms in total. The van der Waals surface area contributed by atoms with Crippen LogP contribution in [0.2, 0.25) is 0 Å². The van der Waals surface area contributed by atoms with Gasteiger partial charge in [-0.1, -0.05) is 6.58 Å². The van der Waals surface area contributed by atoms with Crippen molar-refractivity contribution in [3.63, 3.8) is 0 Å². The van der Waals surface area contributed by atoms with Crippen LogP contribution in [0.15, 0.2) is 30.9 Å². The van der Waals surface area contributed by atoms with Gasteiger partial charge in [-0.3, -0.25) is 4.79 Å². The molecule has 0 aromatic heterocycles. The number of carbonyl (C=O) groups is 3. The number of nitrogens with zero attached hydrogens (tertiary/aromatic N) is 1. The maximum absolute atomic E-state index is 11.8. The van der Waals surface area contributed by atoms with Crippen molar-refractivity contribution >= 4 is 23.5 Å². The molecule has 1 unspecified atom stereocenters. The fraction of sp³-hybridized carbons (Fsp3) is 0.214. The number of hydrogen-bond acceptors (Lipinski definition) is 5. The molecule has 7 heteroatoms. The van der Waals surface area contributed by atoms with Crippen molar-refractivity contribution in [2.24, 2.45) is 0 Å². The topological polar surface area (TPSA) is 93.1 Å². The van der Waals surface area contributed by atoms with E-state index in [2.05, 4.69) is 11.3 Å². The highest BCUT2D eigenvalue weighted by Crippen LogP contribution is 2.34. The van der Waals surface area contributed by atoms with Crippen LogP contribution in [0.25, 0.3) is 0 Å². The van der Waals surface area contributed by atoms with E-state index in [0.29, 0.717) is 5.69 Å². The Hall–Kier alpha value is -2.83. The molecule has 1 aromatic rings. The van der Waals surface area contributed by atoms with Gasteiger partial charge in [-0.25, -0.2) is 9.59 Å². The molecule has 0 bridgehead atoms. The van der Waals surface area contributed by atoms with Crippen LogP contribution >= 0.6 is 0 Å². The third-order valence-corrected chi connectivity index (χ3v) is 3.01. The number of hydrogen-bond donors (Lipinski definition) is 1. The van der Waals surface area contributed by atoms with Crippen LogP contribution in [-0.4, -0.2) is 42.7 Å². The zero-order valence-electron chi connectivity index (χ0n) is 11.2. The predicted molar refractivity (Wildman–Crippen MR) is 72.4 cm³/mol. The molecule has 2 rings (SSSR count). The molecular weight excluding hydrogens is 278 g/mol. The average Bonchev–Trinajstić information content (AvgIpc) is 2.51. The summed E-state index contributed by atoms with van der Waals surface area (Å²) in [6.07, 6.45) is -0.128. The Morgan fingerprint density at radius 3 is 2.76 bits per heavy atom. The summed E-state index contributed by atoms with van der Waals surface area (Å²) >= 11 is 0. The molecular formula is C14H13NO6. The molecule has 0 aliphatic carbocycles. The molecule has 21 heavy (non-hydrogen) atoms. The van der Waals surface area contributed by atoms with Crippen molar-refractivity contribution in [1.29, 1.82) is 0 Å². The monoisotopic (exact) mass is 291 g/mol.